The molecule has 0 fully saturated rings. The molecule has 5 heteroatoms. The maximum Gasteiger partial charge on any atom is 0.349 e. The fourth-order valence-electron chi connectivity index (χ4n) is 3.56. The number of carbonyl (C=O) groups excluding carboxylic acids is 1. The molecule has 0 aliphatic heterocycles. The predicted molar refractivity (Wildman–Crippen MR) is 93.5 cm³/mol. The first kappa shape index (κ1) is 15.7. The van der Waals surface area contributed by atoms with Crippen molar-refractivity contribution >= 4 is 16.9 Å². The molecular weight excluding hydrogens is 318 g/mol. The van der Waals surface area contributed by atoms with Crippen molar-refractivity contribution in [1.82, 2.24) is 5.32 Å². The molecule has 0 saturated carbocycles. The van der Waals surface area contributed by atoms with Crippen molar-refractivity contribution in [3.05, 3.63) is 70.0 Å². The van der Waals surface area contributed by atoms with Gasteiger partial charge in [0.1, 0.15) is 16.9 Å². The molecule has 5 nitrogen and oxygen atoms in total. The molecule has 0 spiro atoms. The lowest BCUT2D eigenvalue weighted by atomic mass is 9.74. The monoisotopic (exact) mass is 337 g/mol. The molecule has 0 saturated heterocycles. The summed E-state index contributed by atoms with van der Waals surface area (Å²) in [6, 6.07) is 10.4. The number of hydrogen-bond acceptors (Lipinski definition) is 4. The quantitative estimate of drug-likeness (QED) is 0.721. The Labute approximate surface area is 144 Å². The predicted octanol–water partition coefficient (Wildman–Crippen LogP) is 3.83. The maximum absolute atomic E-state index is 12.7. The number of hydrogen-bond donors (Lipinski definition) is 1. The number of amides is 1. The SMILES string of the molecule is CC1(C)Cc2occc2C(NC(=O)c2cc3ccccc3oc2=O)C1. The summed E-state index contributed by atoms with van der Waals surface area (Å²) in [5, 5.41) is 3.70. The highest BCUT2D eigenvalue weighted by atomic mass is 16.4. The molecule has 2 heterocycles. The van der Waals surface area contributed by atoms with Crippen molar-refractivity contribution in [3.8, 4) is 0 Å². The molecule has 1 N–H and O–H groups in total. The lowest BCUT2D eigenvalue weighted by Gasteiger charge is -2.34. The van der Waals surface area contributed by atoms with Crippen LogP contribution in [0.1, 0.15) is 48.0 Å². The summed E-state index contributed by atoms with van der Waals surface area (Å²) in [6.07, 6.45) is 3.26. The highest BCUT2D eigenvalue weighted by Crippen LogP contribution is 2.41. The minimum Gasteiger partial charge on any atom is -0.469 e. The van der Waals surface area contributed by atoms with Gasteiger partial charge in [-0.3, -0.25) is 4.79 Å². The Morgan fingerprint density at radius 1 is 1.24 bits per heavy atom. The second-order valence-electron chi connectivity index (χ2n) is 7.36. The number of carbonyl (C=O) groups is 1. The van der Waals surface area contributed by atoms with Gasteiger partial charge in [-0.15, -0.1) is 0 Å². The molecule has 0 bridgehead atoms. The van der Waals surface area contributed by atoms with Crippen LogP contribution in [0.2, 0.25) is 0 Å². The molecule has 0 radical (unpaired) electrons. The lowest BCUT2D eigenvalue weighted by molar-refractivity contribution is 0.0914. The number of nitrogens with one attached hydrogen (secondary N) is 1. The van der Waals surface area contributed by atoms with Crippen LogP contribution in [0.4, 0.5) is 0 Å². The van der Waals surface area contributed by atoms with Crippen molar-refractivity contribution in [3.63, 3.8) is 0 Å². The molecule has 128 valence electrons. The zero-order valence-electron chi connectivity index (χ0n) is 14.2. The van der Waals surface area contributed by atoms with Crippen LogP contribution in [-0.2, 0) is 6.42 Å². The van der Waals surface area contributed by atoms with Crippen molar-refractivity contribution in [2.75, 3.05) is 0 Å². The standard InChI is InChI=1S/C20H19NO4/c1-20(2)10-15(13-7-8-24-17(13)11-20)21-18(22)14-9-12-5-3-4-6-16(12)25-19(14)23/h3-9,15H,10-11H2,1-2H3,(H,21,22). The van der Waals surface area contributed by atoms with Gasteiger partial charge in [0.25, 0.3) is 5.91 Å². The lowest BCUT2D eigenvalue weighted by Crippen LogP contribution is -2.37. The summed E-state index contributed by atoms with van der Waals surface area (Å²) in [5.74, 6) is 0.474. The van der Waals surface area contributed by atoms with Crippen molar-refractivity contribution in [1.29, 1.82) is 0 Å². The summed E-state index contributed by atoms with van der Waals surface area (Å²) in [7, 11) is 0. The van der Waals surface area contributed by atoms with E-state index >= 15 is 0 Å². The van der Waals surface area contributed by atoms with Gasteiger partial charge in [0.15, 0.2) is 0 Å². The molecule has 1 unspecified atom stereocenters. The largest absolute Gasteiger partial charge is 0.469 e. The average molecular weight is 337 g/mol. The van der Waals surface area contributed by atoms with Crippen molar-refractivity contribution < 1.29 is 13.6 Å². The Morgan fingerprint density at radius 2 is 2.04 bits per heavy atom. The zero-order valence-corrected chi connectivity index (χ0v) is 14.2. The topological polar surface area (TPSA) is 72.5 Å². The van der Waals surface area contributed by atoms with E-state index in [-0.39, 0.29) is 17.0 Å². The first-order valence-corrected chi connectivity index (χ1v) is 8.33. The molecule has 2 aromatic heterocycles. The first-order valence-electron chi connectivity index (χ1n) is 8.33. The second-order valence-corrected chi connectivity index (χ2v) is 7.36. The van der Waals surface area contributed by atoms with Gasteiger partial charge in [0, 0.05) is 17.4 Å². The average Bonchev–Trinajstić information content (AvgIpc) is 3.01. The third kappa shape index (κ3) is 2.86. The van der Waals surface area contributed by atoms with E-state index < -0.39 is 11.5 Å². The van der Waals surface area contributed by atoms with E-state index in [1.54, 1.807) is 24.5 Å². The van der Waals surface area contributed by atoms with E-state index in [1.807, 2.05) is 18.2 Å². The summed E-state index contributed by atoms with van der Waals surface area (Å²) in [6.45, 7) is 4.28. The normalized spacial score (nSPS) is 18.7. The van der Waals surface area contributed by atoms with Crippen LogP contribution >= 0.6 is 0 Å². The van der Waals surface area contributed by atoms with E-state index in [9.17, 15) is 9.59 Å². The number of rotatable bonds is 2. The van der Waals surface area contributed by atoms with E-state index in [0.29, 0.717) is 5.58 Å². The summed E-state index contributed by atoms with van der Waals surface area (Å²) in [4.78, 5) is 24.9. The highest BCUT2D eigenvalue weighted by Gasteiger charge is 2.35. The summed E-state index contributed by atoms with van der Waals surface area (Å²) in [5.41, 5.74) is 0.861. The Morgan fingerprint density at radius 3 is 2.88 bits per heavy atom. The van der Waals surface area contributed by atoms with Crippen LogP contribution in [0.5, 0.6) is 0 Å². The smallest absolute Gasteiger partial charge is 0.349 e. The first-order chi connectivity index (χ1) is 11.9. The van der Waals surface area contributed by atoms with E-state index in [0.717, 1.165) is 29.6 Å². The number of para-hydroxylation sites is 1. The fourth-order valence-corrected chi connectivity index (χ4v) is 3.56. The fraction of sp³-hybridized carbons (Fsp3) is 0.300. The zero-order chi connectivity index (χ0) is 17.6. The van der Waals surface area contributed by atoms with Crippen LogP contribution < -0.4 is 10.9 Å². The van der Waals surface area contributed by atoms with Gasteiger partial charge in [0.05, 0.1) is 12.3 Å². The van der Waals surface area contributed by atoms with Crippen LogP contribution in [0, 0.1) is 5.41 Å². The summed E-state index contributed by atoms with van der Waals surface area (Å²) >= 11 is 0. The highest BCUT2D eigenvalue weighted by molar-refractivity contribution is 5.96. The minimum absolute atomic E-state index is 0.0108. The number of fused-ring (bicyclic) bond motifs is 2. The van der Waals surface area contributed by atoms with Crippen molar-refractivity contribution in [2.45, 2.75) is 32.7 Å². The maximum atomic E-state index is 12.7. The third-order valence-corrected chi connectivity index (χ3v) is 4.74. The molecule has 1 aliphatic carbocycles. The molecule has 1 aliphatic rings. The molecule has 1 atom stereocenters. The van der Waals surface area contributed by atoms with E-state index in [1.165, 1.54) is 0 Å². The number of benzene rings is 1. The van der Waals surface area contributed by atoms with Gasteiger partial charge in [-0.05, 0) is 30.0 Å². The molecule has 3 aromatic rings. The molecular formula is C20H19NO4. The molecule has 4 rings (SSSR count). The van der Waals surface area contributed by atoms with Crippen molar-refractivity contribution in [2.24, 2.45) is 5.41 Å². The van der Waals surface area contributed by atoms with Crippen LogP contribution in [0.25, 0.3) is 11.0 Å². The molecule has 1 aromatic carbocycles. The second kappa shape index (κ2) is 5.62. The molecule has 1 amide bonds. The van der Waals surface area contributed by atoms with Crippen LogP contribution in [0.15, 0.2) is 56.3 Å². The third-order valence-electron chi connectivity index (χ3n) is 4.74. The van der Waals surface area contributed by atoms with Gasteiger partial charge >= 0.3 is 5.63 Å². The Balaban J connectivity index is 1.67. The van der Waals surface area contributed by atoms with Gasteiger partial charge < -0.3 is 14.2 Å². The van der Waals surface area contributed by atoms with Crippen LogP contribution in [-0.4, -0.2) is 5.91 Å². The van der Waals surface area contributed by atoms with Gasteiger partial charge in [-0.25, -0.2) is 4.79 Å². The van der Waals surface area contributed by atoms with E-state index in [4.69, 9.17) is 8.83 Å². The Hall–Kier alpha value is -2.82. The summed E-state index contributed by atoms with van der Waals surface area (Å²) < 4.78 is 10.8. The van der Waals surface area contributed by atoms with Crippen LogP contribution in [0.3, 0.4) is 0 Å². The Kier molecular flexibility index (Phi) is 3.53. The molecule has 25 heavy (non-hydrogen) atoms. The minimum atomic E-state index is -0.626. The van der Waals surface area contributed by atoms with Gasteiger partial charge in [0.2, 0.25) is 0 Å². The van der Waals surface area contributed by atoms with Gasteiger partial charge in [-0.2, -0.15) is 0 Å². The number of furan rings is 1. The Bertz CT molecular complexity index is 1010. The van der Waals surface area contributed by atoms with Gasteiger partial charge in [-0.1, -0.05) is 32.0 Å². The van der Waals surface area contributed by atoms with E-state index in [2.05, 4.69) is 19.2 Å².